The van der Waals surface area contributed by atoms with E-state index in [0.29, 0.717) is 6.04 Å². The molecule has 2 saturated carbocycles. The van der Waals surface area contributed by atoms with Gasteiger partial charge in [0.1, 0.15) is 0 Å². The fourth-order valence-electron chi connectivity index (χ4n) is 3.78. The molecule has 0 saturated heterocycles. The smallest absolute Gasteiger partial charge is 0.0446 e. The minimum atomic E-state index is 0.636. The molecule has 1 N–H and O–H groups in total. The molecule has 3 unspecified atom stereocenters. The highest BCUT2D eigenvalue weighted by Gasteiger charge is 2.48. The number of aryl methyl sites for hydroxylation is 2. The average molecular weight is 263 g/mol. The highest BCUT2D eigenvalue weighted by atomic mass is 32.1. The Labute approximate surface area is 115 Å². The third kappa shape index (κ3) is 2.37. The standard InChI is InChI=1S/C16H25NS/c1-4-5-17-15(14-8-12-7-13(12)9-14)16-10(2)6-11(3)18-16/h6,12-15,17H,4-5,7-9H2,1-3H3. The van der Waals surface area contributed by atoms with Crippen LogP contribution in [0.2, 0.25) is 0 Å². The lowest BCUT2D eigenvalue weighted by molar-refractivity contribution is 0.345. The van der Waals surface area contributed by atoms with E-state index in [0.717, 1.165) is 24.3 Å². The number of hydrogen-bond donors (Lipinski definition) is 1. The summed E-state index contributed by atoms with van der Waals surface area (Å²) in [7, 11) is 0. The molecule has 18 heavy (non-hydrogen) atoms. The van der Waals surface area contributed by atoms with E-state index in [-0.39, 0.29) is 0 Å². The van der Waals surface area contributed by atoms with E-state index in [9.17, 15) is 0 Å². The molecule has 0 spiro atoms. The lowest BCUT2D eigenvalue weighted by Crippen LogP contribution is -2.28. The van der Waals surface area contributed by atoms with Crippen molar-refractivity contribution < 1.29 is 0 Å². The van der Waals surface area contributed by atoms with Crippen LogP contribution >= 0.6 is 11.3 Å². The number of hydrogen-bond acceptors (Lipinski definition) is 2. The molecule has 0 radical (unpaired) electrons. The van der Waals surface area contributed by atoms with Gasteiger partial charge in [-0.05, 0) is 75.5 Å². The first-order valence-corrected chi connectivity index (χ1v) is 8.31. The second-order valence-electron chi connectivity index (χ2n) is 6.32. The molecule has 100 valence electrons. The van der Waals surface area contributed by atoms with Crippen molar-refractivity contribution >= 4 is 11.3 Å². The predicted octanol–water partition coefficient (Wildman–Crippen LogP) is 4.45. The van der Waals surface area contributed by atoms with Crippen molar-refractivity contribution in [1.82, 2.24) is 5.32 Å². The monoisotopic (exact) mass is 263 g/mol. The molecule has 0 amide bonds. The van der Waals surface area contributed by atoms with Crippen molar-refractivity contribution in [2.45, 2.75) is 52.5 Å². The van der Waals surface area contributed by atoms with Gasteiger partial charge in [0.25, 0.3) is 0 Å². The second-order valence-corrected chi connectivity index (χ2v) is 7.61. The van der Waals surface area contributed by atoms with Crippen molar-refractivity contribution in [3.8, 4) is 0 Å². The second kappa shape index (κ2) is 4.97. The highest BCUT2D eigenvalue weighted by molar-refractivity contribution is 7.12. The first kappa shape index (κ1) is 12.7. The number of nitrogens with one attached hydrogen (secondary N) is 1. The van der Waals surface area contributed by atoms with Gasteiger partial charge < -0.3 is 5.32 Å². The van der Waals surface area contributed by atoms with E-state index in [1.54, 1.807) is 4.88 Å². The molecule has 1 nitrogen and oxygen atoms in total. The van der Waals surface area contributed by atoms with Crippen LogP contribution in [0.15, 0.2) is 6.07 Å². The topological polar surface area (TPSA) is 12.0 Å². The maximum atomic E-state index is 3.83. The summed E-state index contributed by atoms with van der Waals surface area (Å²) in [6.07, 6.45) is 5.71. The molecule has 1 heterocycles. The van der Waals surface area contributed by atoms with Crippen molar-refractivity contribution in [1.29, 1.82) is 0 Å². The zero-order valence-corrected chi connectivity index (χ0v) is 12.6. The summed E-state index contributed by atoms with van der Waals surface area (Å²) in [5, 5.41) is 3.83. The van der Waals surface area contributed by atoms with Crippen LogP contribution in [-0.2, 0) is 0 Å². The van der Waals surface area contributed by atoms with Gasteiger partial charge in [-0.25, -0.2) is 0 Å². The summed E-state index contributed by atoms with van der Waals surface area (Å²) in [6, 6.07) is 2.99. The number of thiophene rings is 1. The van der Waals surface area contributed by atoms with Gasteiger partial charge in [-0.3, -0.25) is 0 Å². The summed E-state index contributed by atoms with van der Waals surface area (Å²) in [5.74, 6) is 3.07. The molecule has 0 aromatic carbocycles. The Hall–Kier alpha value is -0.340. The van der Waals surface area contributed by atoms with Crippen LogP contribution in [0.25, 0.3) is 0 Å². The van der Waals surface area contributed by atoms with E-state index in [4.69, 9.17) is 0 Å². The van der Waals surface area contributed by atoms with Crippen LogP contribution in [0, 0.1) is 31.6 Å². The number of fused-ring (bicyclic) bond motifs is 1. The molecular formula is C16H25NS. The summed E-state index contributed by atoms with van der Waals surface area (Å²) >= 11 is 2.01. The zero-order valence-electron chi connectivity index (χ0n) is 11.8. The summed E-state index contributed by atoms with van der Waals surface area (Å²) in [6.45, 7) is 7.95. The normalized spacial score (nSPS) is 31.4. The molecule has 3 atom stereocenters. The Balaban J connectivity index is 1.78. The van der Waals surface area contributed by atoms with Gasteiger partial charge >= 0.3 is 0 Å². The fourth-order valence-corrected chi connectivity index (χ4v) is 4.98. The van der Waals surface area contributed by atoms with Crippen LogP contribution in [0.1, 0.15) is 54.0 Å². The number of rotatable bonds is 5. The molecule has 0 bridgehead atoms. The van der Waals surface area contributed by atoms with Crippen LogP contribution in [0.3, 0.4) is 0 Å². The van der Waals surface area contributed by atoms with Crippen molar-refractivity contribution in [3.63, 3.8) is 0 Å². The van der Waals surface area contributed by atoms with Crippen molar-refractivity contribution in [3.05, 3.63) is 21.4 Å². The molecule has 2 aliphatic rings. The Bertz CT molecular complexity index is 413. The van der Waals surface area contributed by atoms with Gasteiger partial charge in [0.05, 0.1) is 0 Å². The molecule has 2 aliphatic carbocycles. The Morgan fingerprint density at radius 1 is 1.28 bits per heavy atom. The summed E-state index contributed by atoms with van der Waals surface area (Å²) in [4.78, 5) is 3.08. The van der Waals surface area contributed by atoms with E-state index >= 15 is 0 Å². The van der Waals surface area contributed by atoms with Gasteiger partial charge in [0, 0.05) is 15.8 Å². The predicted molar refractivity (Wildman–Crippen MR) is 79.1 cm³/mol. The summed E-state index contributed by atoms with van der Waals surface area (Å²) in [5.41, 5.74) is 1.51. The van der Waals surface area contributed by atoms with E-state index in [1.165, 1.54) is 36.1 Å². The molecule has 1 aromatic heterocycles. The van der Waals surface area contributed by atoms with Gasteiger partial charge in [-0.1, -0.05) is 6.92 Å². The molecular weight excluding hydrogens is 238 g/mol. The van der Waals surface area contributed by atoms with Gasteiger partial charge in [0.15, 0.2) is 0 Å². The van der Waals surface area contributed by atoms with Gasteiger partial charge in [-0.2, -0.15) is 0 Å². The Morgan fingerprint density at radius 3 is 2.56 bits per heavy atom. The lowest BCUT2D eigenvalue weighted by Gasteiger charge is -2.26. The Morgan fingerprint density at radius 2 is 2.00 bits per heavy atom. The maximum absolute atomic E-state index is 3.83. The van der Waals surface area contributed by atoms with Crippen molar-refractivity contribution in [2.24, 2.45) is 17.8 Å². The van der Waals surface area contributed by atoms with Gasteiger partial charge in [0.2, 0.25) is 0 Å². The lowest BCUT2D eigenvalue weighted by atomic mass is 9.92. The third-order valence-electron chi connectivity index (χ3n) is 4.73. The van der Waals surface area contributed by atoms with E-state index < -0.39 is 0 Å². The maximum Gasteiger partial charge on any atom is 0.0446 e. The molecule has 2 heteroatoms. The van der Waals surface area contributed by atoms with Crippen molar-refractivity contribution in [2.75, 3.05) is 6.54 Å². The van der Waals surface area contributed by atoms with Crippen LogP contribution in [-0.4, -0.2) is 6.54 Å². The molecule has 1 aromatic rings. The first-order chi connectivity index (χ1) is 8.69. The van der Waals surface area contributed by atoms with Gasteiger partial charge in [-0.15, -0.1) is 11.3 Å². The Kier molecular flexibility index (Phi) is 3.50. The largest absolute Gasteiger partial charge is 0.309 e. The fraction of sp³-hybridized carbons (Fsp3) is 0.750. The third-order valence-corrected chi connectivity index (χ3v) is 5.96. The minimum absolute atomic E-state index is 0.636. The van der Waals surface area contributed by atoms with Crippen LogP contribution < -0.4 is 5.32 Å². The van der Waals surface area contributed by atoms with E-state index in [2.05, 4.69) is 32.2 Å². The van der Waals surface area contributed by atoms with Crippen LogP contribution in [0.4, 0.5) is 0 Å². The summed E-state index contributed by atoms with van der Waals surface area (Å²) < 4.78 is 0. The molecule has 3 rings (SSSR count). The zero-order chi connectivity index (χ0) is 12.7. The van der Waals surface area contributed by atoms with E-state index in [1.807, 2.05) is 11.3 Å². The first-order valence-electron chi connectivity index (χ1n) is 7.49. The average Bonchev–Trinajstić information content (AvgIpc) is 2.79. The SMILES string of the molecule is CCCNC(c1sc(C)cc1C)C1CC2CC2C1. The minimum Gasteiger partial charge on any atom is -0.309 e. The molecule has 0 aliphatic heterocycles. The van der Waals surface area contributed by atoms with Crippen LogP contribution in [0.5, 0.6) is 0 Å². The highest BCUT2D eigenvalue weighted by Crippen LogP contribution is 2.57. The quantitative estimate of drug-likeness (QED) is 0.827. The molecule has 2 fully saturated rings.